The molecule has 0 aliphatic carbocycles. The molecule has 5 heteroatoms. The molecule has 1 aliphatic heterocycles. The van der Waals surface area contributed by atoms with E-state index in [1.165, 1.54) is 11.0 Å². The quantitative estimate of drug-likeness (QED) is 0.880. The van der Waals surface area contributed by atoms with E-state index in [1.807, 2.05) is 0 Å². The van der Waals surface area contributed by atoms with E-state index in [-0.39, 0.29) is 25.2 Å². The fraction of sp³-hybridized carbons (Fsp3) is 0.462. The average molecular weight is 253 g/mol. The van der Waals surface area contributed by atoms with E-state index in [4.69, 9.17) is 9.84 Å². The van der Waals surface area contributed by atoms with Gasteiger partial charge < -0.3 is 14.7 Å². The van der Waals surface area contributed by atoms with Gasteiger partial charge in [-0.15, -0.1) is 0 Å². The highest BCUT2D eigenvalue weighted by Crippen LogP contribution is 2.23. The van der Waals surface area contributed by atoms with Crippen LogP contribution in [0.25, 0.3) is 0 Å². The molecule has 4 nitrogen and oxygen atoms in total. The number of halogens is 1. The summed E-state index contributed by atoms with van der Waals surface area (Å²) in [6.45, 7) is 0.387. The van der Waals surface area contributed by atoms with Gasteiger partial charge in [0.25, 0.3) is 5.91 Å². The van der Waals surface area contributed by atoms with Crippen LogP contribution in [0.5, 0.6) is 0 Å². The molecule has 1 fully saturated rings. The predicted molar refractivity (Wildman–Crippen MR) is 64.8 cm³/mol. The smallest absolute Gasteiger partial charge is 0.253 e. The molecule has 1 unspecified atom stereocenters. The van der Waals surface area contributed by atoms with E-state index in [0.29, 0.717) is 25.1 Å². The van der Waals surface area contributed by atoms with Crippen LogP contribution in [0, 0.1) is 5.82 Å². The maximum atomic E-state index is 13.7. The van der Waals surface area contributed by atoms with Gasteiger partial charge in [0.05, 0.1) is 18.3 Å². The summed E-state index contributed by atoms with van der Waals surface area (Å²) < 4.78 is 19.0. The third kappa shape index (κ3) is 2.86. The van der Waals surface area contributed by atoms with Crippen molar-refractivity contribution in [1.29, 1.82) is 0 Å². The number of morpholine rings is 1. The Morgan fingerprint density at radius 3 is 2.94 bits per heavy atom. The Balaban J connectivity index is 2.10. The van der Waals surface area contributed by atoms with Gasteiger partial charge in [-0.25, -0.2) is 4.39 Å². The highest BCUT2D eigenvalue weighted by atomic mass is 19.1. The average Bonchev–Trinajstić information content (AvgIpc) is 2.39. The molecular formula is C13H16FNO3. The summed E-state index contributed by atoms with van der Waals surface area (Å²) in [6.07, 6.45) is 1.13. The van der Waals surface area contributed by atoms with Crippen LogP contribution in [-0.2, 0) is 9.53 Å². The summed E-state index contributed by atoms with van der Waals surface area (Å²) in [4.78, 5) is 13.2. The van der Waals surface area contributed by atoms with Gasteiger partial charge in [-0.2, -0.15) is 0 Å². The number of hydrogen-bond acceptors (Lipinski definition) is 3. The number of benzene rings is 1. The van der Waals surface area contributed by atoms with Crippen molar-refractivity contribution in [3.63, 3.8) is 0 Å². The van der Waals surface area contributed by atoms with Crippen LogP contribution in [0.2, 0.25) is 0 Å². The van der Waals surface area contributed by atoms with Crippen LogP contribution in [0.4, 0.5) is 10.1 Å². The molecule has 98 valence electrons. The molecule has 0 bridgehead atoms. The first-order valence-electron chi connectivity index (χ1n) is 5.99. The van der Waals surface area contributed by atoms with Crippen LogP contribution in [0.1, 0.15) is 12.8 Å². The maximum Gasteiger partial charge on any atom is 0.253 e. The third-order valence-corrected chi connectivity index (χ3v) is 2.96. The molecule has 1 aliphatic rings. The first-order valence-corrected chi connectivity index (χ1v) is 5.99. The van der Waals surface area contributed by atoms with Crippen molar-refractivity contribution in [2.75, 3.05) is 24.7 Å². The molecule has 0 spiro atoms. The van der Waals surface area contributed by atoms with Gasteiger partial charge in [-0.3, -0.25) is 4.79 Å². The van der Waals surface area contributed by atoms with Gasteiger partial charge in [-0.1, -0.05) is 12.1 Å². The van der Waals surface area contributed by atoms with Crippen molar-refractivity contribution in [1.82, 2.24) is 0 Å². The number of ether oxygens (including phenoxy) is 1. The highest BCUT2D eigenvalue weighted by Gasteiger charge is 2.28. The van der Waals surface area contributed by atoms with E-state index in [1.54, 1.807) is 18.2 Å². The summed E-state index contributed by atoms with van der Waals surface area (Å²) in [5, 5.41) is 8.78. The first kappa shape index (κ1) is 13.0. The lowest BCUT2D eigenvalue weighted by molar-refractivity contribution is -0.129. The number of hydrogen-bond donors (Lipinski definition) is 1. The largest absolute Gasteiger partial charge is 0.396 e. The second kappa shape index (κ2) is 5.93. The summed E-state index contributed by atoms with van der Waals surface area (Å²) in [5.41, 5.74) is 0.291. The summed E-state index contributed by atoms with van der Waals surface area (Å²) >= 11 is 0. The molecule has 2 rings (SSSR count). The van der Waals surface area contributed by atoms with Crippen molar-refractivity contribution in [2.24, 2.45) is 0 Å². The molecule has 1 amide bonds. The van der Waals surface area contributed by atoms with Crippen LogP contribution in [0.3, 0.4) is 0 Å². The predicted octanol–water partition coefficient (Wildman–Crippen LogP) is 1.33. The number of para-hydroxylation sites is 1. The standard InChI is InChI=1S/C13H16FNO3/c14-11-5-1-2-6-12(11)15-8-10(4-3-7-16)18-9-13(15)17/h1-2,5-6,10,16H,3-4,7-9H2. The van der Waals surface area contributed by atoms with Crippen molar-refractivity contribution in [3.8, 4) is 0 Å². The summed E-state index contributed by atoms with van der Waals surface area (Å²) in [5.74, 6) is -0.644. The van der Waals surface area contributed by atoms with Crippen molar-refractivity contribution in [3.05, 3.63) is 30.1 Å². The SMILES string of the molecule is O=C1COC(CCCO)CN1c1ccccc1F. The molecule has 1 heterocycles. The minimum Gasteiger partial charge on any atom is -0.396 e. The highest BCUT2D eigenvalue weighted by molar-refractivity contribution is 5.95. The fourth-order valence-corrected chi connectivity index (χ4v) is 2.02. The van der Waals surface area contributed by atoms with Crippen LogP contribution < -0.4 is 4.90 Å². The molecule has 0 saturated carbocycles. The van der Waals surface area contributed by atoms with E-state index in [9.17, 15) is 9.18 Å². The molecule has 1 N–H and O–H groups in total. The number of amides is 1. The van der Waals surface area contributed by atoms with Crippen molar-refractivity contribution >= 4 is 11.6 Å². The Labute approximate surface area is 105 Å². The molecule has 18 heavy (non-hydrogen) atoms. The van der Waals surface area contributed by atoms with Gasteiger partial charge in [-0.05, 0) is 25.0 Å². The molecule has 1 aromatic rings. The Bertz CT molecular complexity index is 424. The third-order valence-electron chi connectivity index (χ3n) is 2.96. The van der Waals surface area contributed by atoms with E-state index in [2.05, 4.69) is 0 Å². The zero-order valence-electron chi connectivity index (χ0n) is 10.0. The number of rotatable bonds is 4. The Morgan fingerprint density at radius 1 is 1.44 bits per heavy atom. The molecule has 1 aromatic carbocycles. The van der Waals surface area contributed by atoms with Gasteiger partial charge >= 0.3 is 0 Å². The molecule has 0 aromatic heterocycles. The number of carbonyl (C=O) groups is 1. The zero-order valence-corrected chi connectivity index (χ0v) is 10.0. The first-order chi connectivity index (χ1) is 8.72. The lowest BCUT2D eigenvalue weighted by Crippen LogP contribution is -2.47. The van der Waals surface area contributed by atoms with Crippen LogP contribution in [-0.4, -0.2) is 36.9 Å². The van der Waals surface area contributed by atoms with E-state index in [0.717, 1.165) is 0 Å². The Hall–Kier alpha value is -1.46. The second-order valence-electron chi connectivity index (χ2n) is 4.25. The van der Waals surface area contributed by atoms with Crippen LogP contribution in [0.15, 0.2) is 24.3 Å². The number of nitrogens with zero attached hydrogens (tertiary/aromatic N) is 1. The van der Waals surface area contributed by atoms with Gasteiger partial charge in [0, 0.05) is 6.61 Å². The molecular weight excluding hydrogens is 237 g/mol. The van der Waals surface area contributed by atoms with Gasteiger partial charge in [0.2, 0.25) is 0 Å². The molecule has 1 atom stereocenters. The number of carbonyl (C=O) groups excluding carboxylic acids is 1. The van der Waals surface area contributed by atoms with Gasteiger partial charge in [0.1, 0.15) is 12.4 Å². The second-order valence-corrected chi connectivity index (χ2v) is 4.25. The Kier molecular flexibility index (Phi) is 4.28. The normalized spacial score (nSPS) is 20.2. The number of anilines is 1. The Morgan fingerprint density at radius 2 is 2.22 bits per heavy atom. The topological polar surface area (TPSA) is 49.8 Å². The summed E-state index contributed by atoms with van der Waals surface area (Å²) in [6, 6.07) is 6.21. The minimum atomic E-state index is -0.409. The van der Waals surface area contributed by atoms with Gasteiger partial charge in [0.15, 0.2) is 0 Å². The van der Waals surface area contributed by atoms with Crippen molar-refractivity contribution < 1.29 is 19.0 Å². The summed E-state index contributed by atoms with van der Waals surface area (Å²) in [7, 11) is 0. The minimum absolute atomic E-state index is 0.0373. The fourth-order valence-electron chi connectivity index (χ4n) is 2.02. The van der Waals surface area contributed by atoms with E-state index < -0.39 is 5.82 Å². The van der Waals surface area contributed by atoms with Crippen LogP contribution >= 0.6 is 0 Å². The van der Waals surface area contributed by atoms with Crippen molar-refractivity contribution in [2.45, 2.75) is 18.9 Å². The van der Waals surface area contributed by atoms with E-state index >= 15 is 0 Å². The monoisotopic (exact) mass is 253 g/mol. The lowest BCUT2D eigenvalue weighted by Gasteiger charge is -2.32. The molecule has 0 radical (unpaired) electrons. The number of aliphatic hydroxyl groups is 1. The zero-order chi connectivity index (χ0) is 13.0. The lowest BCUT2D eigenvalue weighted by atomic mass is 10.1. The number of aliphatic hydroxyl groups excluding tert-OH is 1. The maximum absolute atomic E-state index is 13.7. The molecule has 1 saturated heterocycles.